The number of nitrogens with zero attached hydrogens (tertiary/aromatic N) is 1. The topological polar surface area (TPSA) is 77.7 Å². The minimum Gasteiger partial charge on any atom is -0.496 e. The van der Waals surface area contributed by atoms with Crippen molar-refractivity contribution >= 4 is 46.4 Å². The first-order valence-electron chi connectivity index (χ1n) is 13.1. The van der Waals surface area contributed by atoms with Gasteiger partial charge in [0, 0.05) is 54.4 Å². The van der Waals surface area contributed by atoms with E-state index in [9.17, 15) is 4.79 Å². The molecule has 4 N–H and O–H groups in total. The van der Waals surface area contributed by atoms with Crippen LogP contribution in [0.15, 0.2) is 42.2 Å². The Labute approximate surface area is 240 Å². The van der Waals surface area contributed by atoms with Crippen LogP contribution in [0.2, 0.25) is 15.1 Å². The minimum absolute atomic E-state index is 0.265. The van der Waals surface area contributed by atoms with E-state index >= 15 is 0 Å². The van der Waals surface area contributed by atoms with Gasteiger partial charge in [0.15, 0.2) is 0 Å². The molecule has 2 aromatic carbocycles. The first-order chi connectivity index (χ1) is 18.3. The van der Waals surface area contributed by atoms with Gasteiger partial charge in [-0.05, 0) is 62.6 Å². The summed E-state index contributed by atoms with van der Waals surface area (Å²) in [4.78, 5) is 15.4. The summed E-state index contributed by atoms with van der Waals surface area (Å²) in [5.41, 5.74) is 1.98. The Kier molecular flexibility index (Phi) is 10.4. The molecule has 2 aliphatic heterocycles. The van der Waals surface area contributed by atoms with E-state index in [1.54, 1.807) is 31.4 Å². The minimum atomic E-state index is -0.265. The Morgan fingerprint density at radius 1 is 1.13 bits per heavy atom. The molecule has 2 aromatic rings. The molecule has 2 fully saturated rings. The maximum atomic E-state index is 13.0. The zero-order chi connectivity index (χ0) is 27.1. The number of piperazine rings is 1. The van der Waals surface area contributed by atoms with E-state index in [4.69, 9.17) is 39.5 Å². The number of methoxy groups -OCH3 is 1. The quantitative estimate of drug-likeness (QED) is 0.322. The maximum absolute atomic E-state index is 13.0. The summed E-state index contributed by atoms with van der Waals surface area (Å²) in [7, 11) is 1.55. The number of nitrogens with one attached hydrogen (secondary N) is 4. The number of rotatable bonds is 9. The second-order valence-electron chi connectivity index (χ2n) is 9.81. The molecule has 0 spiro atoms. The molecule has 10 heteroatoms. The molecule has 0 aliphatic carbocycles. The molecule has 0 saturated carbocycles. The number of anilines is 1. The molecule has 2 atom stereocenters. The summed E-state index contributed by atoms with van der Waals surface area (Å²) < 4.78 is 5.60. The molecule has 1 unspecified atom stereocenters. The molecule has 1 amide bonds. The number of hydrogen-bond donors (Lipinski definition) is 4. The third-order valence-corrected chi connectivity index (χ3v) is 7.81. The Morgan fingerprint density at radius 2 is 1.97 bits per heavy atom. The van der Waals surface area contributed by atoms with Gasteiger partial charge in [0.25, 0.3) is 5.91 Å². The molecule has 4 rings (SSSR count). The van der Waals surface area contributed by atoms with Gasteiger partial charge in [-0.25, -0.2) is 0 Å². The monoisotopic (exact) mass is 579 g/mol. The van der Waals surface area contributed by atoms with Crippen molar-refractivity contribution in [2.75, 3.05) is 45.2 Å². The average Bonchev–Trinajstić information content (AvgIpc) is 2.91. The van der Waals surface area contributed by atoms with Crippen molar-refractivity contribution < 1.29 is 9.53 Å². The molecule has 0 bridgehead atoms. The lowest BCUT2D eigenvalue weighted by molar-refractivity contribution is 0.0951. The highest BCUT2D eigenvalue weighted by Crippen LogP contribution is 2.33. The molecular weight excluding hydrogens is 545 g/mol. The van der Waals surface area contributed by atoms with Crippen LogP contribution in [0.3, 0.4) is 0 Å². The summed E-state index contributed by atoms with van der Waals surface area (Å²) in [5, 5.41) is 15.2. The average molecular weight is 581 g/mol. The number of amides is 1. The van der Waals surface area contributed by atoms with Crippen LogP contribution in [-0.4, -0.2) is 62.7 Å². The van der Waals surface area contributed by atoms with Crippen LogP contribution in [0.5, 0.6) is 5.75 Å². The SMILES string of the molecule is COc1cc(NC(=CC2CCCCN2)N2CCN[C@@H](C)C2)c(Cl)cc1C(=O)NCCc1ccc(Cl)cc1Cl. The van der Waals surface area contributed by atoms with Crippen LogP contribution >= 0.6 is 34.8 Å². The number of halogens is 3. The lowest BCUT2D eigenvalue weighted by Crippen LogP contribution is -2.50. The normalized spacial score (nSPS) is 20.2. The van der Waals surface area contributed by atoms with Gasteiger partial charge in [-0.15, -0.1) is 0 Å². The molecule has 7 nitrogen and oxygen atoms in total. The lowest BCUT2D eigenvalue weighted by Gasteiger charge is -2.36. The Hall–Kier alpha value is -2.16. The highest BCUT2D eigenvalue weighted by Gasteiger charge is 2.22. The maximum Gasteiger partial charge on any atom is 0.255 e. The van der Waals surface area contributed by atoms with Crippen molar-refractivity contribution in [1.29, 1.82) is 0 Å². The van der Waals surface area contributed by atoms with Crippen LogP contribution in [0.25, 0.3) is 0 Å². The third-order valence-electron chi connectivity index (χ3n) is 6.91. The van der Waals surface area contributed by atoms with Crippen LogP contribution in [0, 0.1) is 0 Å². The molecule has 0 aromatic heterocycles. The molecule has 2 heterocycles. The van der Waals surface area contributed by atoms with Crippen LogP contribution < -0.4 is 26.0 Å². The van der Waals surface area contributed by atoms with Crippen molar-refractivity contribution in [1.82, 2.24) is 20.9 Å². The summed E-state index contributed by atoms with van der Waals surface area (Å²) in [6.07, 6.45) is 6.36. The van der Waals surface area contributed by atoms with E-state index in [0.29, 0.717) is 57.1 Å². The second-order valence-corrected chi connectivity index (χ2v) is 11.1. The van der Waals surface area contributed by atoms with Gasteiger partial charge in [0.05, 0.1) is 23.4 Å². The van der Waals surface area contributed by atoms with Gasteiger partial charge < -0.3 is 30.9 Å². The Morgan fingerprint density at radius 3 is 2.68 bits per heavy atom. The summed E-state index contributed by atoms with van der Waals surface area (Å²) >= 11 is 19.0. The summed E-state index contributed by atoms with van der Waals surface area (Å²) in [6.45, 7) is 6.31. The predicted octanol–water partition coefficient (Wildman–Crippen LogP) is 5.32. The number of hydrogen-bond acceptors (Lipinski definition) is 6. The van der Waals surface area contributed by atoms with Gasteiger partial charge in [-0.1, -0.05) is 47.3 Å². The van der Waals surface area contributed by atoms with Gasteiger partial charge >= 0.3 is 0 Å². The first kappa shape index (κ1) is 28.8. The fourth-order valence-corrected chi connectivity index (χ4v) is 5.57. The van der Waals surface area contributed by atoms with Crippen molar-refractivity contribution in [2.45, 2.75) is 44.7 Å². The third kappa shape index (κ3) is 7.70. The van der Waals surface area contributed by atoms with E-state index in [-0.39, 0.29) is 5.91 Å². The molecule has 2 aliphatic rings. The van der Waals surface area contributed by atoms with E-state index in [2.05, 4.69) is 39.2 Å². The Bertz CT molecular complexity index is 1150. The lowest BCUT2D eigenvalue weighted by atomic mass is 10.0. The molecule has 206 valence electrons. The molecule has 0 radical (unpaired) electrons. The smallest absolute Gasteiger partial charge is 0.255 e. The van der Waals surface area contributed by atoms with E-state index in [1.165, 1.54) is 12.8 Å². The van der Waals surface area contributed by atoms with Crippen LogP contribution in [0.4, 0.5) is 5.69 Å². The van der Waals surface area contributed by atoms with Gasteiger partial charge in [-0.3, -0.25) is 4.79 Å². The molecule has 2 saturated heterocycles. The van der Waals surface area contributed by atoms with Crippen molar-refractivity contribution in [3.63, 3.8) is 0 Å². The van der Waals surface area contributed by atoms with E-state index < -0.39 is 0 Å². The Balaban J connectivity index is 1.49. The largest absolute Gasteiger partial charge is 0.496 e. The summed E-state index contributed by atoms with van der Waals surface area (Å²) in [6, 6.07) is 9.48. The first-order valence-corrected chi connectivity index (χ1v) is 14.3. The van der Waals surface area contributed by atoms with E-state index in [0.717, 1.165) is 44.0 Å². The van der Waals surface area contributed by atoms with Crippen LogP contribution in [0.1, 0.15) is 42.1 Å². The zero-order valence-electron chi connectivity index (χ0n) is 21.9. The van der Waals surface area contributed by atoms with Crippen molar-refractivity contribution in [2.24, 2.45) is 0 Å². The number of carbonyl (C=O) groups excluding carboxylic acids is 1. The van der Waals surface area contributed by atoms with Gasteiger partial charge in [0.1, 0.15) is 11.6 Å². The predicted molar refractivity (Wildman–Crippen MR) is 157 cm³/mol. The van der Waals surface area contributed by atoms with Gasteiger partial charge in [0.2, 0.25) is 0 Å². The second kappa shape index (κ2) is 13.8. The number of piperidine rings is 1. The fraction of sp³-hybridized carbons (Fsp3) is 0.464. The van der Waals surface area contributed by atoms with Crippen LogP contribution in [-0.2, 0) is 6.42 Å². The molecule has 38 heavy (non-hydrogen) atoms. The standard InChI is InChI=1S/C28H36Cl3N5O2/c1-18-17-36(12-11-32-18)27(14-21-5-3-4-9-33-21)35-25-16-26(38-2)22(15-24(25)31)28(37)34-10-8-19-6-7-20(29)13-23(19)30/h6-7,13-16,18,21,32-33,35H,3-5,8-12,17H2,1-2H3,(H,34,37)/t18-,21?/m0/s1. The fourth-order valence-electron chi connectivity index (χ4n) is 4.85. The highest BCUT2D eigenvalue weighted by atomic mass is 35.5. The number of benzene rings is 2. The molecular formula is C28H36Cl3N5O2. The number of carbonyl (C=O) groups is 1. The van der Waals surface area contributed by atoms with Gasteiger partial charge in [-0.2, -0.15) is 0 Å². The highest BCUT2D eigenvalue weighted by molar-refractivity contribution is 6.35. The van der Waals surface area contributed by atoms with Crippen molar-refractivity contribution in [3.8, 4) is 5.75 Å². The zero-order valence-corrected chi connectivity index (χ0v) is 24.1. The summed E-state index contributed by atoms with van der Waals surface area (Å²) in [5.74, 6) is 1.19. The van der Waals surface area contributed by atoms with Crippen molar-refractivity contribution in [3.05, 3.63) is 68.4 Å². The van der Waals surface area contributed by atoms with E-state index in [1.807, 2.05) is 6.07 Å². The number of ether oxygens (including phenoxy) is 1.